The summed E-state index contributed by atoms with van der Waals surface area (Å²) in [6.07, 6.45) is 3.12. The summed E-state index contributed by atoms with van der Waals surface area (Å²) in [4.78, 5) is 12.3. The standard InChI is InChI=1S/C16H20N2O4S/c17-9-10-18-16(20)15-4-2-1-3-12(15)11-23(21,22)14-7-5-13(19)6-8-14/h5-8,12,15,19H,1-4,10-11H2,(H,18,20). The Balaban J connectivity index is 2.13. The maximum atomic E-state index is 12.5. The van der Waals surface area contributed by atoms with E-state index in [2.05, 4.69) is 5.32 Å². The van der Waals surface area contributed by atoms with Crippen molar-refractivity contribution in [2.24, 2.45) is 11.8 Å². The van der Waals surface area contributed by atoms with Gasteiger partial charge in [0.15, 0.2) is 9.84 Å². The Kier molecular flexibility index (Phi) is 5.61. The third-order valence-electron chi connectivity index (χ3n) is 4.22. The molecule has 1 aliphatic carbocycles. The third-order valence-corrected chi connectivity index (χ3v) is 6.07. The summed E-state index contributed by atoms with van der Waals surface area (Å²) >= 11 is 0. The second-order valence-electron chi connectivity index (χ2n) is 5.80. The van der Waals surface area contributed by atoms with E-state index >= 15 is 0 Å². The number of hydrogen-bond acceptors (Lipinski definition) is 5. The summed E-state index contributed by atoms with van der Waals surface area (Å²) in [7, 11) is -3.52. The number of phenols is 1. The minimum absolute atomic E-state index is 0.00961. The Hall–Kier alpha value is -2.07. The minimum Gasteiger partial charge on any atom is -0.508 e. The Bertz CT molecular complexity index is 692. The SMILES string of the molecule is N#CCNC(=O)C1CCCCC1CS(=O)(=O)c1ccc(O)cc1. The van der Waals surface area contributed by atoms with E-state index in [-0.39, 0.29) is 40.7 Å². The molecule has 2 unspecified atom stereocenters. The zero-order chi connectivity index (χ0) is 16.9. The molecule has 1 fully saturated rings. The molecule has 0 spiro atoms. The van der Waals surface area contributed by atoms with Crippen LogP contribution < -0.4 is 5.32 Å². The predicted octanol–water partition coefficient (Wildman–Crippen LogP) is 1.61. The molecule has 23 heavy (non-hydrogen) atoms. The Morgan fingerprint density at radius 3 is 2.57 bits per heavy atom. The first-order chi connectivity index (χ1) is 10.9. The van der Waals surface area contributed by atoms with E-state index in [0.29, 0.717) is 12.8 Å². The quantitative estimate of drug-likeness (QED) is 0.794. The minimum atomic E-state index is -3.52. The monoisotopic (exact) mass is 336 g/mol. The van der Waals surface area contributed by atoms with Crippen LogP contribution in [-0.4, -0.2) is 31.7 Å². The molecule has 1 aromatic rings. The normalized spacial score (nSPS) is 21.3. The number of hydrogen-bond donors (Lipinski definition) is 2. The summed E-state index contributed by atoms with van der Waals surface area (Å²) in [6.45, 7) is -0.0627. The number of amides is 1. The molecule has 1 aliphatic rings. The van der Waals surface area contributed by atoms with E-state index < -0.39 is 9.84 Å². The fraction of sp³-hybridized carbons (Fsp3) is 0.500. The van der Waals surface area contributed by atoms with Gasteiger partial charge < -0.3 is 10.4 Å². The summed E-state index contributed by atoms with van der Waals surface area (Å²) < 4.78 is 25.1. The molecule has 2 rings (SSSR count). The molecule has 1 saturated carbocycles. The lowest BCUT2D eigenvalue weighted by atomic mass is 9.80. The van der Waals surface area contributed by atoms with Crippen molar-refractivity contribution in [2.75, 3.05) is 12.3 Å². The maximum absolute atomic E-state index is 12.5. The zero-order valence-electron chi connectivity index (χ0n) is 12.7. The fourth-order valence-corrected chi connectivity index (χ4v) is 4.75. The lowest BCUT2D eigenvalue weighted by Gasteiger charge is -2.30. The largest absolute Gasteiger partial charge is 0.508 e. The second kappa shape index (κ2) is 7.47. The van der Waals surface area contributed by atoms with Crippen molar-refractivity contribution >= 4 is 15.7 Å². The van der Waals surface area contributed by atoms with Gasteiger partial charge in [-0.1, -0.05) is 12.8 Å². The molecule has 0 bridgehead atoms. The van der Waals surface area contributed by atoms with E-state index in [9.17, 15) is 18.3 Å². The number of nitrogens with one attached hydrogen (secondary N) is 1. The van der Waals surface area contributed by atoms with Crippen LogP contribution >= 0.6 is 0 Å². The summed E-state index contributed by atoms with van der Waals surface area (Å²) in [5, 5.41) is 20.4. The molecule has 6 nitrogen and oxygen atoms in total. The van der Waals surface area contributed by atoms with Crippen molar-refractivity contribution in [3.05, 3.63) is 24.3 Å². The molecule has 0 saturated heterocycles. The van der Waals surface area contributed by atoms with Crippen molar-refractivity contribution in [1.29, 1.82) is 5.26 Å². The van der Waals surface area contributed by atoms with Crippen LogP contribution in [0.5, 0.6) is 5.75 Å². The van der Waals surface area contributed by atoms with Gasteiger partial charge in [0.1, 0.15) is 12.3 Å². The van der Waals surface area contributed by atoms with Crippen LogP contribution in [0.25, 0.3) is 0 Å². The number of carbonyl (C=O) groups excluding carboxylic acids is 1. The molecule has 2 N–H and O–H groups in total. The van der Waals surface area contributed by atoms with Gasteiger partial charge in [0.25, 0.3) is 0 Å². The Labute approximate surface area is 136 Å². The molecule has 0 heterocycles. The number of phenolic OH excluding ortho intramolecular Hbond substituents is 1. The molecular weight excluding hydrogens is 316 g/mol. The zero-order valence-corrected chi connectivity index (χ0v) is 13.6. The highest BCUT2D eigenvalue weighted by atomic mass is 32.2. The molecule has 7 heteroatoms. The van der Waals surface area contributed by atoms with Gasteiger partial charge in [-0.3, -0.25) is 4.79 Å². The molecule has 0 aliphatic heterocycles. The first kappa shape index (κ1) is 17.3. The van der Waals surface area contributed by atoms with E-state index in [1.807, 2.05) is 6.07 Å². The maximum Gasteiger partial charge on any atom is 0.224 e. The van der Waals surface area contributed by atoms with Gasteiger partial charge in [-0.25, -0.2) is 8.42 Å². The molecule has 1 aromatic carbocycles. The predicted molar refractivity (Wildman–Crippen MR) is 84.2 cm³/mol. The van der Waals surface area contributed by atoms with Gasteiger partial charge in [-0.15, -0.1) is 0 Å². The average molecular weight is 336 g/mol. The van der Waals surface area contributed by atoms with E-state index in [0.717, 1.165) is 12.8 Å². The van der Waals surface area contributed by atoms with Crippen molar-refractivity contribution < 1.29 is 18.3 Å². The first-order valence-electron chi connectivity index (χ1n) is 7.60. The van der Waals surface area contributed by atoms with Crippen LogP contribution in [0.4, 0.5) is 0 Å². The van der Waals surface area contributed by atoms with Crippen molar-refractivity contribution in [2.45, 2.75) is 30.6 Å². The second-order valence-corrected chi connectivity index (χ2v) is 7.84. The number of aromatic hydroxyl groups is 1. The molecular formula is C16H20N2O4S. The van der Waals surface area contributed by atoms with Crippen LogP contribution in [0.2, 0.25) is 0 Å². The average Bonchev–Trinajstić information content (AvgIpc) is 2.53. The van der Waals surface area contributed by atoms with Gasteiger partial charge >= 0.3 is 0 Å². The van der Waals surface area contributed by atoms with Gasteiger partial charge in [0, 0.05) is 5.92 Å². The third kappa shape index (κ3) is 4.45. The molecule has 2 atom stereocenters. The van der Waals surface area contributed by atoms with E-state index in [1.165, 1.54) is 24.3 Å². The van der Waals surface area contributed by atoms with Crippen LogP contribution in [0.3, 0.4) is 0 Å². The number of sulfone groups is 1. The number of carbonyl (C=O) groups is 1. The first-order valence-corrected chi connectivity index (χ1v) is 9.25. The van der Waals surface area contributed by atoms with Gasteiger partial charge in [0.05, 0.1) is 16.7 Å². The molecule has 1 amide bonds. The molecule has 0 aromatic heterocycles. The van der Waals surface area contributed by atoms with Crippen LogP contribution in [0, 0.1) is 23.2 Å². The number of rotatable bonds is 5. The summed E-state index contributed by atoms with van der Waals surface area (Å²) in [6, 6.07) is 7.28. The van der Waals surface area contributed by atoms with Crippen LogP contribution in [-0.2, 0) is 14.6 Å². The Morgan fingerprint density at radius 1 is 1.26 bits per heavy atom. The van der Waals surface area contributed by atoms with Gasteiger partial charge in [0.2, 0.25) is 5.91 Å². The van der Waals surface area contributed by atoms with Gasteiger partial charge in [-0.2, -0.15) is 5.26 Å². The smallest absolute Gasteiger partial charge is 0.224 e. The Morgan fingerprint density at radius 2 is 1.91 bits per heavy atom. The summed E-state index contributed by atoms with van der Waals surface area (Å²) in [5.74, 6) is -0.944. The van der Waals surface area contributed by atoms with Crippen molar-refractivity contribution in [3.63, 3.8) is 0 Å². The van der Waals surface area contributed by atoms with Crippen molar-refractivity contribution in [1.82, 2.24) is 5.32 Å². The fourth-order valence-electron chi connectivity index (χ4n) is 3.04. The summed E-state index contributed by atoms with van der Waals surface area (Å²) in [5.41, 5.74) is 0. The molecule has 124 valence electrons. The van der Waals surface area contributed by atoms with E-state index in [1.54, 1.807) is 0 Å². The topological polar surface area (TPSA) is 107 Å². The van der Waals surface area contributed by atoms with E-state index in [4.69, 9.17) is 5.26 Å². The highest BCUT2D eigenvalue weighted by Crippen LogP contribution is 2.32. The highest BCUT2D eigenvalue weighted by molar-refractivity contribution is 7.91. The number of benzene rings is 1. The van der Waals surface area contributed by atoms with Gasteiger partial charge in [-0.05, 0) is 43.0 Å². The highest BCUT2D eigenvalue weighted by Gasteiger charge is 2.34. The number of nitrogens with zero attached hydrogens (tertiary/aromatic N) is 1. The van der Waals surface area contributed by atoms with Crippen LogP contribution in [0.1, 0.15) is 25.7 Å². The lowest BCUT2D eigenvalue weighted by molar-refractivity contribution is -0.127. The van der Waals surface area contributed by atoms with Crippen molar-refractivity contribution in [3.8, 4) is 11.8 Å². The lowest BCUT2D eigenvalue weighted by Crippen LogP contribution is -2.39. The van der Waals surface area contributed by atoms with Crippen LogP contribution in [0.15, 0.2) is 29.2 Å². The molecule has 0 radical (unpaired) electrons. The number of nitriles is 1.